The summed E-state index contributed by atoms with van der Waals surface area (Å²) in [5, 5.41) is 18.1. The van der Waals surface area contributed by atoms with Crippen LogP contribution in [-0.4, -0.2) is 19.7 Å². The highest BCUT2D eigenvalue weighted by Crippen LogP contribution is 2.29. The topological polar surface area (TPSA) is 103 Å². The van der Waals surface area contributed by atoms with Gasteiger partial charge in [-0.3, -0.25) is 15.5 Å². The van der Waals surface area contributed by atoms with Crippen LogP contribution in [0.25, 0.3) is 11.0 Å². The number of nitriles is 1. The molecule has 0 unspecified atom stereocenters. The summed E-state index contributed by atoms with van der Waals surface area (Å²) in [5.74, 6) is 1.28. The number of hydrazine groups is 1. The largest absolute Gasteiger partial charge is 0.340 e. The molecule has 0 aromatic carbocycles. The van der Waals surface area contributed by atoms with E-state index in [1.165, 1.54) is 6.08 Å². The maximum absolute atomic E-state index is 9.09. The number of halogens is 2. The van der Waals surface area contributed by atoms with Crippen molar-refractivity contribution in [2.75, 3.05) is 10.7 Å². The summed E-state index contributed by atoms with van der Waals surface area (Å²) in [5.41, 5.74) is 9.44. The molecule has 0 saturated carbocycles. The van der Waals surface area contributed by atoms with E-state index in [0.29, 0.717) is 17.3 Å². The average molecular weight is 431 g/mol. The quantitative estimate of drug-likeness (QED) is 0.300. The van der Waals surface area contributed by atoms with Gasteiger partial charge in [0.15, 0.2) is 5.65 Å². The minimum atomic E-state index is 0.240. The number of anilines is 2. The standard InChI is InChI=1S/C19H20Cl2N8/c1-10(2)13-9-17(25-19-18(13)11(3)28-29(19)4)27-26-16(5-6-22)23-12-7-14(20)24-15(21)8-12/h5,7-10,26H,1-4H3,(H,23,24)(H,25,27)/b16-5-. The molecular formula is C19H20Cl2N8. The first-order valence-electron chi connectivity index (χ1n) is 8.84. The normalized spacial score (nSPS) is 11.6. The van der Waals surface area contributed by atoms with Gasteiger partial charge < -0.3 is 5.32 Å². The minimum absolute atomic E-state index is 0.240. The van der Waals surface area contributed by atoms with Gasteiger partial charge >= 0.3 is 0 Å². The monoisotopic (exact) mass is 430 g/mol. The molecule has 0 aliphatic carbocycles. The second-order valence-corrected chi connectivity index (χ2v) is 7.50. The molecule has 3 heterocycles. The Morgan fingerprint density at radius 1 is 1.21 bits per heavy atom. The van der Waals surface area contributed by atoms with E-state index in [4.69, 9.17) is 28.5 Å². The summed E-state index contributed by atoms with van der Waals surface area (Å²) < 4.78 is 1.76. The molecule has 3 N–H and O–H groups in total. The Labute approximate surface area is 178 Å². The Hall–Kier alpha value is -3.02. The van der Waals surface area contributed by atoms with Crippen molar-refractivity contribution in [1.82, 2.24) is 25.2 Å². The smallest absolute Gasteiger partial charge is 0.160 e. The van der Waals surface area contributed by atoms with Gasteiger partial charge in [-0.1, -0.05) is 37.0 Å². The van der Waals surface area contributed by atoms with Crippen LogP contribution < -0.4 is 16.2 Å². The third kappa shape index (κ3) is 4.70. The fourth-order valence-electron chi connectivity index (χ4n) is 2.99. The molecular weight excluding hydrogens is 411 g/mol. The van der Waals surface area contributed by atoms with Crippen molar-refractivity contribution in [3.8, 4) is 6.07 Å². The van der Waals surface area contributed by atoms with Crippen molar-refractivity contribution in [3.05, 3.63) is 51.7 Å². The van der Waals surface area contributed by atoms with Crippen molar-refractivity contribution in [2.24, 2.45) is 7.05 Å². The maximum Gasteiger partial charge on any atom is 0.160 e. The Morgan fingerprint density at radius 3 is 2.52 bits per heavy atom. The first kappa shape index (κ1) is 20.7. The number of pyridine rings is 2. The molecule has 3 aromatic rings. The Morgan fingerprint density at radius 2 is 1.90 bits per heavy atom. The van der Waals surface area contributed by atoms with Crippen LogP contribution in [0.15, 0.2) is 30.1 Å². The number of allylic oxidation sites excluding steroid dienone is 1. The van der Waals surface area contributed by atoms with Gasteiger partial charge in [-0.05, 0) is 36.6 Å². The van der Waals surface area contributed by atoms with E-state index in [1.807, 2.05) is 26.1 Å². The van der Waals surface area contributed by atoms with Gasteiger partial charge in [0, 0.05) is 18.1 Å². The molecule has 10 heteroatoms. The molecule has 0 radical (unpaired) electrons. The van der Waals surface area contributed by atoms with Crippen molar-refractivity contribution < 1.29 is 0 Å². The van der Waals surface area contributed by atoms with Gasteiger partial charge in [-0.2, -0.15) is 10.4 Å². The van der Waals surface area contributed by atoms with Gasteiger partial charge in [-0.15, -0.1) is 0 Å². The lowest BCUT2D eigenvalue weighted by molar-refractivity contribution is 0.773. The number of hydrogen-bond donors (Lipinski definition) is 3. The predicted octanol–water partition coefficient (Wildman–Crippen LogP) is 4.50. The highest BCUT2D eigenvalue weighted by Gasteiger charge is 2.15. The summed E-state index contributed by atoms with van der Waals surface area (Å²) in [6.45, 7) is 6.22. The molecule has 0 spiro atoms. The third-order valence-electron chi connectivity index (χ3n) is 4.20. The summed E-state index contributed by atoms with van der Waals surface area (Å²) in [4.78, 5) is 8.54. The molecule has 29 heavy (non-hydrogen) atoms. The second-order valence-electron chi connectivity index (χ2n) is 6.72. The summed E-state index contributed by atoms with van der Waals surface area (Å²) in [6.07, 6.45) is 1.31. The maximum atomic E-state index is 9.09. The molecule has 3 aromatic heterocycles. The number of hydrogen-bond acceptors (Lipinski definition) is 7. The zero-order valence-corrected chi connectivity index (χ0v) is 17.9. The van der Waals surface area contributed by atoms with E-state index < -0.39 is 0 Å². The van der Waals surface area contributed by atoms with Crippen LogP contribution in [0.2, 0.25) is 10.3 Å². The second kappa shape index (κ2) is 8.55. The molecule has 8 nitrogen and oxygen atoms in total. The van der Waals surface area contributed by atoms with E-state index in [1.54, 1.807) is 16.8 Å². The molecule has 0 aliphatic heterocycles. The average Bonchev–Trinajstić information content (AvgIpc) is 2.92. The van der Waals surface area contributed by atoms with Crippen LogP contribution in [0.5, 0.6) is 0 Å². The van der Waals surface area contributed by atoms with Gasteiger partial charge in [0.2, 0.25) is 0 Å². The van der Waals surface area contributed by atoms with Crippen LogP contribution in [-0.2, 0) is 7.05 Å². The van der Waals surface area contributed by atoms with Gasteiger partial charge in [-0.25, -0.2) is 9.97 Å². The van der Waals surface area contributed by atoms with E-state index in [2.05, 4.69) is 45.1 Å². The SMILES string of the molecule is Cc1nn(C)c2nc(NN/C(=C\C#N)Nc3cc(Cl)nc(Cl)c3)cc(C(C)C)c12. The number of nitrogens with zero attached hydrogens (tertiary/aromatic N) is 5. The summed E-state index contributed by atoms with van der Waals surface area (Å²) in [6, 6.07) is 7.15. The Balaban J connectivity index is 1.86. The zero-order valence-electron chi connectivity index (χ0n) is 16.4. The molecule has 0 fully saturated rings. The van der Waals surface area contributed by atoms with Crippen molar-refractivity contribution in [3.63, 3.8) is 0 Å². The highest BCUT2D eigenvalue weighted by atomic mass is 35.5. The van der Waals surface area contributed by atoms with E-state index in [9.17, 15) is 0 Å². The number of aromatic nitrogens is 4. The molecule has 0 aliphatic rings. The number of fused-ring (bicyclic) bond motifs is 1. The molecule has 3 rings (SSSR count). The lowest BCUT2D eigenvalue weighted by Gasteiger charge is -2.16. The molecule has 0 saturated heterocycles. The van der Waals surface area contributed by atoms with Crippen molar-refractivity contribution in [2.45, 2.75) is 26.7 Å². The van der Waals surface area contributed by atoms with Gasteiger partial charge in [0.05, 0.1) is 17.8 Å². The van der Waals surface area contributed by atoms with Crippen molar-refractivity contribution in [1.29, 1.82) is 5.26 Å². The Bertz CT molecular complexity index is 1110. The predicted molar refractivity (Wildman–Crippen MR) is 116 cm³/mol. The van der Waals surface area contributed by atoms with Crippen LogP contribution in [0.3, 0.4) is 0 Å². The zero-order chi connectivity index (χ0) is 21.1. The lowest BCUT2D eigenvalue weighted by atomic mass is 10.00. The van der Waals surface area contributed by atoms with Crippen LogP contribution in [0.1, 0.15) is 31.0 Å². The fourth-order valence-corrected chi connectivity index (χ4v) is 3.45. The van der Waals surface area contributed by atoms with E-state index in [0.717, 1.165) is 22.3 Å². The molecule has 0 amide bonds. The highest BCUT2D eigenvalue weighted by molar-refractivity contribution is 6.32. The van der Waals surface area contributed by atoms with Crippen LogP contribution >= 0.6 is 23.2 Å². The van der Waals surface area contributed by atoms with Crippen molar-refractivity contribution >= 4 is 45.7 Å². The van der Waals surface area contributed by atoms with Crippen LogP contribution in [0.4, 0.5) is 11.5 Å². The summed E-state index contributed by atoms with van der Waals surface area (Å²) in [7, 11) is 1.86. The number of aryl methyl sites for hydroxylation is 2. The summed E-state index contributed by atoms with van der Waals surface area (Å²) >= 11 is 11.9. The first-order valence-corrected chi connectivity index (χ1v) is 9.60. The van der Waals surface area contributed by atoms with Crippen LogP contribution in [0, 0.1) is 18.3 Å². The molecule has 0 atom stereocenters. The Kier molecular flexibility index (Phi) is 6.11. The van der Waals surface area contributed by atoms with E-state index in [-0.39, 0.29) is 16.2 Å². The molecule has 0 bridgehead atoms. The lowest BCUT2D eigenvalue weighted by Crippen LogP contribution is -2.26. The van der Waals surface area contributed by atoms with E-state index >= 15 is 0 Å². The minimum Gasteiger partial charge on any atom is -0.340 e. The van der Waals surface area contributed by atoms with Gasteiger partial charge in [0.1, 0.15) is 21.9 Å². The first-order chi connectivity index (χ1) is 13.8. The van der Waals surface area contributed by atoms with Gasteiger partial charge in [0.25, 0.3) is 0 Å². The third-order valence-corrected chi connectivity index (χ3v) is 4.58. The fraction of sp³-hybridized carbons (Fsp3) is 0.263. The number of nitrogens with one attached hydrogen (secondary N) is 3. The molecule has 150 valence electrons. The number of rotatable bonds is 6.